The van der Waals surface area contributed by atoms with Crippen LogP contribution in [0.4, 0.5) is 5.00 Å². The molecule has 0 unspecified atom stereocenters. The maximum atomic E-state index is 13.9. The summed E-state index contributed by atoms with van der Waals surface area (Å²) in [5, 5.41) is 6.69. The third-order valence-electron chi connectivity index (χ3n) is 6.34. The Labute approximate surface area is 230 Å². The number of rotatable bonds is 6. The summed E-state index contributed by atoms with van der Waals surface area (Å²) in [6, 6.07) is 22.8. The fraction of sp³-hybridized carbons (Fsp3) is 0.129. The zero-order chi connectivity index (χ0) is 26.8. The van der Waals surface area contributed by atoms with Gasteiger partial charge in [0.25, 0.3) is 5.91 Å². The molecule has 0 aliphatic rings. The third kappa shape index (κ3) is 4.93. The second-order valence-electron chi connectivity index (χ2n) is 8.88. The fourth-order valence-corrected chi connectivity index (χ4v) is 5.53. The summed E-state index contributed by atoms with van der Waals surface area (Å²) < 4.78 is 5.38. The second kappa shape index (κ2) is 10.8. The molecule has 2 aromatic heterocycles. The van der Waals surface area contributed by atoms with Crippen LogP contribution in [-0.2, 0) is 4.74 Å². The maximum Gasteiger partial charge on any atom is 0.341 e. The number of hydrogen-bond donors (Lipinski definition) is 1. The highest BCUT2D eigenvalue weighted by Gasteiger charge is 2.25. The molecular formula is C31H25ClN2O3S. The summed E-state index contributed by atoms with van der Waals surface area (Å²) in [6.07, 6.45) is 0. The number of aryl methyl sites for hydroxylation is 1. The van der Waals surface area contributed by atoms with Crippen LogP contribution in [0.25, 0.3) is 33.3 Å². The molecule has 2 heterocycles. The SMILES string of the molecule is CCOC(=O)c1c(-c2ccc(C)cc2)csc1NC(=O)c1c(C)c(-c2ccc(Cl)cc2)nc2ccccc12. The number of nitrogens with one attached hydrogen (secondary N) is 1. The number of thiophene rings is 1. The first kappa shape index (κ1) is 25.6. The Morgan fingerprint density at radius 3 is 2.32 bits per heavy atom. The molecule has 5 rings (SSSR count). The molecule has 0 spiro atoms. The number of carbonyl (C=O) groups excluding carboxylic acids is 2. The van der Waals surface area contributed by atoms with Crippen LogP contribution >= 0.6 is 22.9 Å². The van der Waals surface area contributed by atoms with E-state index in [9.17, 15) is 9.59 Å². The normalized spacial score (nSPS) is 10.9. The number of anilines is 1. The number of fused-ring (bicyclic) bond motifs is 1. The van der Waals surface area contributed by atoms with Crippen molar-refractivity contribution in [2.45, 2.75) is 20.8 Å². The molecule has 38 heavy (non-hydrogen) atoms. The standard InChI is InChI=1S/C31H25ClN2O3S/c1-4-37-31(36)27-24(20-11-9-18(2)10-12-20)17-38-30(27)34-29(35)26-19(3)28(21-13-15-22(32)16-14-21)33-25-8-6-5-7-23(25)26/h5-17H,4H2,1-3H3,(H,34,35). The maximum absolute atomic E-state index is 13.9. The number of aromatic nitrogens is 1. The number of ether oxygens (including phenoxy) is 1. The largest absolute Gasteiger partial charge is 0.462 e. The number of hydrogen-bond acceptors (Lipinski definition) is 5. The Kier molecular flexibility index (Phi) is 7.27. The van der Waals surface area contributed by atoms with Crippen LogP contribution in [0, 0.1) is 13.8 Å². The van der Waals surface area contributed by atoms with Crippen molar-refractivity contribution in [2.75, 3.05) is 11.9 Å². The Hall–Kier alpha value is -4.00. The van der Waals surface area contributed by atoms with Crippen LogP contribution in [0.5, 0.6) is 0 Å². The average molecular weight is 541 g/mol. The summed E-state index contributed by atoms with van der Waals surface area (Å²) in [4.78, 5) is 31.8. The van der Waals surface area contributed by atoms with Gasteiger partial charge in [-0.1, -0.05) is 71.8 Å². The molecule has 190 valence electrons. The summed E-state index contributed by atoms with van der Waals surface area (Å²) >= 11 is 7.40. The van der Waals surface area contributed by atoms with E-state index in [1.54, 1.807) is 19.1 Å². The monoisotopic (exact) mass is 540 g/mol. The summed E-state index contributed by atoms with van der Waals surface area (Å²) in [5.74, 6) is -0.794. The van der Waals surface area contributed by atoms with Gasteiger partial charge in [-0.05, 0) is 50.1 Å². The lowest BCUT2D eigenvalue weighted by Gasteiger charge is -2.15. The molecule has 0 aliphatic carbocycles. The summed E-state index contributed by atoms with van der Waals surface area (Å²) in [5.41, 5.74) is 6.56. The van der Waals surface area contributed by atoms with Gasteiger partial charge in [0, 0.05) is 26.9 Å². The lowest BCUT2D eigenvalue weighted by atomic mass is 9.97. The van der Waals surface area contributed by atoms with Gasteiger partial charge in [-0.15, -0.1) is 11.3 Å². The van der Waals surface area contributed by atoms with Crippen LogP contribution in [0.3, 0.4) is 0 Å². The van der Waals surface area contributed by atoms with E-state index in [0.717, 1.165) is 33.2 Å². The van der Waals surface area contributed by atoms with Gasteiger partial charge in [-0.2, -0.15) is 0 Å². The van der Waals surface area contributed by atoms with Crippen molar-refractivity contribution < 1.29 is 14.3 Å². The van der Waals surface area contributed by atoms with Crippen LogP contribution in [0.2, 0.25) is 5.02 Å². The van der Waals surface area contributed by atoms with Crippen molar-refractivity contribution in [3.8, 4) is 22.4 Å². The molecular weight excluding hydrogens is 516 g/mol. The highest BCUT2D eigenvalue weighted by Crippen LogP contribution is 2.38. The molecule has 0 atom stereocenters. The van der Waals surface area contributed by atoms with Crippen molar-refractivity contribution in [1.29, 1.82) is 0 Å². The highest BCUT2D eigenvalue weighted by atomic mass is 35.5. The van der Waals surface area contributed by atoms with Gasteiger partial charge in [-0.25, -0.2) is 9.78 Å². The van der Waals surface area contributed by atoms with Gasteiger partial charge in [0.1, 0.15) is 10.6 Å². The Balaban J connectivity index is 1.61. The van der Waals surface area contributed by atoms with Crippen molar-refractivity contribution >= 4 is 50.7 Å². The van der Waals surface area contributed by atoms with Crippen LogP contribution in [0.15, 0.2) is 78.2 Å². The van der Waals surface area contributed by atoms with Crippen molar-refractivity contribution in [3.05, 3.63) is 105 Å². The minimum Gasteiger partial charge on any atom is -0.462 e. The fourth-order valence-electron chi connectivity index (χ4n) is 4.46. The third-order valence-corrected chi connectivity index (χ3v) is 7.49. The minimum atomic E-state index is -0.474. The predicted molar refractivity (Wildman–Crippen MR) is 155 cm³/mol. The number of amides is 1. The average Bonchev–Trinajstić information content (AvgIpc) is 3.33. The molecule has 0 bridgehead atoms. The van der Waals surface area contributed by atoms with E-state index >= 15 is 0 Å². The van der Waals surface area contributed by atoms with Crippen molar-refractivity contribution in [1.82, 2.24) is 4.98 Å². The van der Waals surface area contributed by atoms with Crippen molar-refractivity contribution in [3.63, 3.8) is 0 Å². The number of pyridine rings is 1. The number of para-hydroxylation sites is 1. The second-order valence-corrected chi connectivity index (χ2v) is 10.2. The molecule has 7 heteroatoms. The number of halogens is 1. The molecule has 0 radical (unpaired) electrons. The van der Waals surface area contributed by atoms with Crippen LogP contribution in [0.1, 0.15) is 38.8 Å². The van der Waals surface area contributed by atoms with E-state index < -0.39 is 5.97 Å². The number of nitrogens with zero attached hydrogens (tertiary/aromatic N) is 1. The minimum absolute atomic E-state index is 0.230. The van der Waals surface area contributed by atoms with E-state index in [0.29, 0.717) is 32.4 Å². The zero-order valence-electron chi connectivity index (χ0n) is 21.2. The van der Waals surface area contributed by atoms with Gasteiger partial charge >= 0.3 is 5.97 Å². The smallest absolute Gasteiger partial charge is 0.341 e. The highest BCUT2D eigenvalue weighted by molar-refractivity contribution is 7.15. The van der Waals surface area contributed by atoms with E-state index in [2.05, 4.69) is 5.32 Å². The molecule has 1 amide bonds. The molecule has 0 aliphatic heterocycles. The van der Waals surface area contributed by atoms with Gasteiger partial charge in [-0.3, -0.25) is 4.79 Å². The van der Waals surface area contributed by atoms with Gasteiger partial charge in [0.05, 0.1) is 23.4 Å². The van der Waals surface area contributed by atoms with Gasteiger partial charge in [0.2, 0.25) is 0 Å². The Bertz CT molecular complexity index is 1660. The molecule has 0 fully saturated rings. The number of esters is 1. The number of carbonyl (C=O) groups is 2. The lowest BCUT2D eigenvalue weighted by molar-refractivity contribution is 0.0529. The van der Waals surface area contributed by atoms with Gasteiger partial charge in [0.15, 0.2) is 0 Å². The molecule has 5 aromatic rings. The summed E-state index contributed by atoms with van der Waals surface area (Å²) in [7, 11) is 0. The van der Waals surface area contributed by atoms with Crippen molar-refractivity contribution in [2.24, 2.45) is 0 Å². The Morgan fingerprint density at radius 2 is 1.61 bits per heavy atom. The van der Waals surface area contributed by atoms with Crippen LogP contribution in [-0.4, -0.2) is 23.5 Å². The molecule has 3 aromatic carbocycles. The lowest BCUT2D eigenvalue weighted by Crippen LogP contribution is -2.17. The summed E-state index contributed by atoms with van der Waals surface area (Å²) in [6.45, 7) is 5.89. The first-order valence-corrected chi connectivity index (χ1v) is 13.5. The Morgan fingerprint density at radius 1 is 0.921 bits per heavy atom. The molecule has 1 N–H and O–H groups in total. The van der Waals surface area contributed by atoms with Crippen LogP contribution < -0.4 is 5.32 Å². The predicted octanol–water partition coefficient (Wildman–Crippen LogP) is 8.33. The molecule has 0 saturated heterocycles. The quantitative estimate of drug-likeness (QED) is 0.220. The van der Waals surface area contributed by atoms with Gasteiger partial charge < -0.3 is 10.1 Å². The number of benzene rings is 3. The van der Waals surface area contributed by atoms with E-state index in [1.165, 1.54) is 11.3 Å². The van der Waals surface area contributed by atoms with E-state index in [-0.39, 0.29) is 12.5 Å². The molecule has 0 saturated carbocycles. The first-order chi connectivity index (χ1) is 18.4. The van der Waals surface area contributed by atoms with E-state index in [4.69, 9.17) is 21.3 Å². The topological polar surface area (TPSA) is 68.3 Å². The zero-order valence-corrected chi connectivity index (χ0v) is 22.7. The molecule has 5 nitrogen and oxygen atoms in total. The van der Waals surface area contributed by atoms with E-state index in [1.807, 2.05) is 79.9 Å². The first-order valence-electron chi connectivity index (χ1n) is 12.2.